The van der Waals surface area contributed by atoms with Gasteiger partial charge in [0.15, 0.2) is 0 Å². The molecule has 2 aromatic rings. The zero-order valence-electron chi connectivity index (χ0n) is 12.7. The summed E-state index contributed by atoms with van der Waals surface area (Å²) in [7, 11) is 0. The lowest BCUT2D eigenvalue weighted by Crippen LogP contribution is -2.28. The summed E-state index contributed by atoms with van der Waals surface area (Å²) in [5.41, 5.74) is 4.52. The lowest BCUT2D eigenvalue weighted by Gasteiger charge is -2.14. The van der Waals surface area contributed by atoms with Crippen LogP contribution < -0.4 is 5.32 Å². The summed E-state index contributed by atoms with van der Waals surface area (Å²) in [6, 6.07) is 11.8. The highest BCUT2D eigenvalue weighted by Crippen LogP contribution is 2.30. The van der Waals surface area contributed by atoms with Crippen LogP contribution in [0.5, 0.6) is 0 Å². The molecule has 2 nitrogen and oxygen atoms in total. The fraction of sp³-hybridized carbons (Fsp3) is 0.278. The maximum Gasteiger partial charge on any atom is 0.0666 e. The second-order valence-electron chi connectivity index (χ2n) is 5.89. The molecular formula is C18H17Cl3N2. The molecule has 3 rings (SSSR count). The first-order valence-corrected chi connectivity index (χ1v) is 8.66. The molecule has 0 spiro atoms. The van der Waals surface area contributed by atoms with Crippen molar-refractivity contribution in [3.05, 3.63) is 62.6 Å². The van der Waals surface area contributed by atoms with Crippen molar-refractivity contribution in [3.63, 3.8) is 0 Å². The van der Waals surface area contributed by atoms with Gasteiger partial charge < -0.3 is 5.32 Å². The Hall–Kier alpha value is -1.06. The summed E-state index contributed by atoms with van der Waals surface area (Å²) >= 11 is 18.1. The molecule has 0 saturated heterocycles. The third-order valence-electron chi connectivity index (χ3n) is 3.83. The number of aliphatic imine (C=N–C) groups is 1. The van der Waals surface area contributed by atoms with Gasteiger partial charge in [0.25, 0.3) is 0 Å². The predicted octanol–water partition coefficient (Wildman–Crippen LogP) is 5.84. The van der Waals surface area contributed by atoms with E-state index in [0.29, 0.717) is 16.1 Å². The second kappa shape index (κ2) is 7.23. The van der Waals surface area contributed by atoms with Gasteiger partial charge in [-0.15, -0.1) is 0 Å². The summed E-state index contributed by atoms with van der Waals surface area (Å²) in [6.07, 6.45) is 1.78. The normalized spacial score (nSPS) is 14.5. The maximum atomic E-state index is 6.04. The number of halogens is 3. The quantitative estimate of drug-likeness (QED) is 0.705. The average Bonchev–Trinajstić information content (AvgIpc) is 2.85. The molecule has 0 aromatic heterocycles. The molecular weight excluding hydrogens is 351 g/mol. The number of rotatable bonds is 5. The minimum absolute atomic E-state index is 0.316. The molecule has 0 fully saturated rings. The van der Waals surface area contributed by atoms with Crippen molar-refractivity contribution in [1.82, 2.24) is 5.32 Å². The van der Waals surface area contributed by atoms with Crippen LogP contribution in [0.4, 0.5) is 5.69 Å². The van der Waals surface area contributed by atoms with Crippen molar-refractivity contribution in [2.24, 2.45) is 4.99 Å². The van der Waals surface area contributed by atoms with E-state index in [1.807, 2.05) is 30.3 Å². The third kappa shape index (κ3) is 4.48. The number of hydrogen-bond donors (Lipinski definition) is 1. The van der Waals surface area contributed by atoms with Crippen molar-refractivity contribution in [3.8, 4) is 0 Å². The van der Waals surface area contributed by atoms with Crippen LogP contribution in [-0.2, 0) is 13.0 Å². The van der Waals surface area contributed by atoms with E-state index in [-0.39, 0.29) is 0 Å². The second-order valence-corrected chi connectivity index (χ2v) is 7.20. The van der Waals surface area contributed by atoms with E-state index in [1.54, 1.807) is 6.07 Å². The van der Waals surface area contributed by atoms with E-state index in [2.05, 4.69) is 12.2 Å². The van der Waals surface area contributed by atoms with Crippen LogP contribution in [0.15, 0.2) is 41.4 Å². The van der Waals surface area contributed by atoms with Crippen LogP contribution in [0.25, 0.3) is 0 Å². The highest BCUT2D eigenvalue weighted by atomic mass is 35.5. The van der Waals surface area contributed by atoms with Crippen LogP contribution in [0.1, 0.15) is 24.5 Å². The van der Waals surface area contributed by atoms with E-state index in [4.69, 9.17) is 39.8 Å². The highest BCUT2D eigenvalue weighted by molar-refractivity contribution is 6.34. The summed E-state index contributed by atoms with van der Waals surface area (Å²) in [6.45, 7) is 2.89. The maximum absolute atomic E-state index is 6.04. The van der Waals surface area contributed by atoms with E-state index >= 15 is 0 Å². The minimum atomic E-state index is 0.316. The largest absolute Gasteiger partial charge is 0.310 e. The van der Waals surface area contributed by atoms with Crippen LogP contribution in [0, 0.1) is 0 Å². The van der Waals surface area contributed by atoms with Crippen LogP contribution in [0.3, 0.4) is 0 Å². The Bertz CT molecular complexity index is 736. The number of benzene rings is 2. The molecule has 1 N–H and O–H groups in total. The van der Waals surface area contributed by atoms with Crippen LogP contribution in [-0.4, -0.2) is 11.8 Å². The van der Waals surface area contributed by atoms with Gasteiger partial charge in [-0.1, -0.05) is 34.8 Å². The first-order chi connectivity index (χ1) is 11.0. The van der Waals surface area contributed by atoms with E-state index in [9.17, 15) is 0 Å². The van der Waals surface area contributed by atoms with E-state index in [0.717, 1.165) is 35.7 Å². The molecule has 1 heterocycles. The van der Waals surface area contributed by atoms with Gasteiger partial charge in [-0.05, 0) is 54.4 Å². The van der Waals surface area contributed by atoms with Gasteiger partial charge in [-0.25, -0.2) is 0 Å². The fourth-order valence-electron chi connectivity index (χ4n) is 2.78. The van der Waals surface area contributed by atoms with E-state index in [1.165, 1.54) is 11.3 Å². The molecule has 0 bridgehead atoms. The van der Waals surface area contributed by atoms with Gasteiger partial charge in [0.05, 0.1) is 5.69 Å². The number of hydrogen-bond acceptors (Lipinski definition) is 2. The summed E-state index contributed by atoms with van der Waals surface area (Å²) in [5.74, 6) is 0. The molecule has 120 valence electrons. The average molecular weight is 368 g/mol. The first kappa shape index (κ1) is 16.8. The van der Waals surface area contributed by atoms with Crippen LogP contribution >= 0.6 is 34.8 Å². The Morgan fingerprint density at radius 2 is 1.78 bits per heavy atom. The van der Waals surface area contributed by atoms with Gasteiger partial charge in [0.1, 0.15) is 0 Å². The van der Waals surface area contributed by atoms with Gasteiger partial charge in [0.2, 0.25) is 0 Å². The Kier molecular flexibility index (Phi) is 5.27. The van der Waals surface area contributed by atoms with Crippen molar-refractivity contribution in [2.45, 2.75) is 32.4 Å². The van der Waals surface area contributed by atoms with Crippen LogP contribution in [0.2, 0.25) is 15.1 Å². The van der Waals surface area contributed by atoms with Gasteiger partial charge in [-0.2, -0.15) is 0 Å². The summed E-state index contributed by atoms with van der Waals surface area (Å²) in [4.78, 5) is 4.69. The van der Waals surface area contributed by atoms with Crippen molar-refractivity contribution >= 4 is 46.2 Å². The molecule has 0 amide bonds. The molecule has 1 aliphatic rings. The molecule has 0 radical (unpaired) electrons. The van der Waals surface area contributed by atoms with E-state index < -0.39 is 0 Å². The number of nitrogens with zero attached hydrogens (tertiary/aromatic N) is 1. The molecule has 0 aliphatic carbocycles. The highest BCUT2D eigenvalue weighted by Gasteiger charge is 2.16. The zero-order chi connectivity index (χ0) is 16.4. The Labute approximate surface area is 151 Å². The van der Waals surface area contributed by atoms with Crippen molar-refractivity contribution < 1.29 is 0 Å². The standard InChI is InChI=1S/C18H17Cl3N2/c1-11(22-10-12-5-15(20)9-16(21)6-12)4-17-8-13-7-14(19)2-3-18(13)23-17/h2-3,5-7,9,11,22H,4,8,10H2,1H3/t11-/m0/s1. The Morgan fingerprint density at radius 1 is 1.04 bits per heavy atom. The topological polar surface area (TPSA) is 24.4 Å². The molecule has 0 saturated carbocycles. The summed E-state index contributed by atoms with van der Waals surface area (Å²) in [5, 5.41) is 5.59. The smallest absolute Gasteiger partial charge is 0.0666 e. The molecule has 2 aromatic carbocycles. The molecule has 23 heavy (non-hydrogen) atoms. The third-order valence-corrected chi connectivity index (χ3v) is 4.50. The predicted molar refractivity (Wildman–Crippen MR) is 99.6 cm³/mol. The number of nitrogens with one attached hydrogen (secondary N) is 1. The molecule has 5 heteroatoms. The first-order valence-electron chi connectivity index (χ1n) is 7.53. The summed E-state index contributed by atoms with van der Waals surface area (Å²) < 4.78 is 0. The number of fused-ring (bicyclic) bond motifs is 1. The van der Waals surface area contributed by atoms with Crippen molar-refractivity contribution in [1.29, 1.82) is 0 Å². The SMILES string of the molecule is C[C@@H](CC1=Nc2ccc(Cl)cc2C1)NCc1cc(Cl)cc(Cl)c1. The fourth-order valence-corrected chi connectivity index (χ4v) is 3.55. The lowest BCUT2D eigenvalue weighted by molar-refractivity contribution is 0.562. The zero-order valence-corrected chi connectivity index (χ0v) is 15.0. The molecule has 1 aliphatic heterocycles. The van der Waals surface area contributed by atoms with Gasteiger partial charge in [0, 0.05) is 46.2 Å². The van der Waals surface area contributed by atoms with Gasteiger partial charge >= 0.3 is 0 Å². The van der Waals surface area contributed by atoms with Crippen molar-refractivity contribution in [2.75, 3.05) is 0 Å². The Balaban J connectivity index is 1.55. The molecule has 1 atom stereocenters. The van der Waals surface area contributed by atoms with Gasteiger partial charge in [-0.3, -0.25) is 4.99 Å². The lowest BCUT2D eigenvalue weighted by atomic mass is 10.1. The minimum Gasteiger partial charge on any atom is -0.310 e. The monoisotopic (exact) mass is 366 g/mol. The Morgan fingerprint density at radius 3 is 2.52 bits per heavy atom. The molecule has 0 unspecified atom stereocenters.